The average molecular weight is 371 g/mol. The Labute approximate surface area is 156 Å². The summed E-state index contributed by atoms with van der Waals surface area (Å²) in [7, 11) is 1.31. The number of nitrogens with one attached hydrogen (secondary N) is 1. The van der Waals surface area contributed by atoms with Gasteiger partial charge in [-0.15, -0.1) is 0 Å². The molecule has 1 N–H and O–H groups in total. The molecule has 0 spiro atoms. The van der Waals surface area contributed by atoms with Crippen LogP contribution in [0.3, 0.4) is 0 Å². The third kappa shape index (κ3) is 4.24. The van der Waals surface area contributed by atoms with Crippen LogP contribution in [0.15, 0.2) is 60.8 Å². The van der Waals surface area contributed by atoms with Gasteiger partial charge in [-0.25, -0.2) is 4.79 Å². The molecule has 134 valence electrons. The van der Waals surface area contributed by atoms with Gasteiger partial charge in [-0.05, 0) is 29.1 Å². The lowest BCUT2D eigenvalue weighted by atomic mass is 10.1. The summed E-state index contributed by atoms with van der Waals surface area (Å²) < 4.78 is 6.63. The van der Waals surface area contributed by atoms with E-state index in [9.17, 15) is 9.59 Å². The number of rotatable bonds is 6. The van der Waals surface area contributed by atoms with Gasteiger partial charge in [-0.1, -0.05) is 48.0 Å². The minimum absolute atomic E-state index is 0.0894. The smallest absolute Gasteiger partial charge is 0.328 e. The molecule has 0 radical (unpaired) electrons. The number of halogens is 1. The zero-order chi connectivity index (χ0) is 18.5. The molecule has 2 aromatic carbocycles. The van der Waals surface area contributed by atoms with E-state index in [1.165, 1.54) is 7.11 Å². The molecule has 26 heavy (non-hydrogen) atoms. The Kier molecular flexibility index (Phi) is 5.58. The van der Waals surface area contributed by atoms with Gasteiger partial charge in [0.1, 0.15) is 12.6 Å². The summed E-state index contributed by atoms with van der Waals surface area (Å²) in [6, 6.07) is 16.2. The largest absolute Gasteiger partial charge is 0.467 e. The van der Waals surface area contributed by atoms with E-state index in [1.54, 1.807) is 10.6 Å². The number of benzene rings is 2. The molecule has 0 aliphatic rings. The van der Waals surface area contributed by atoms with E-state index >= 15 is 0 Å². The quantitative estimate of drug-likeness (QED) is 0.678. The first-order valence-electron chi connectivity index (χ1n) is 8.22. The number of hydrogen-bond acceptors (Lipinski definition) is 3. The summed E-state index contributed by atoms with van der Waals surface area (Å²) in [6.07, 6.45) is 2.20. The number of ether oxygens (including phenoxy) is 1. The Morgan fingerprint density at radius 2 is 1.92 bits per heavy atom. The highest BCUT2D eigenvalue weighted by atomic mass is 35.5. The molecule has 0 bridgehead atoms. The lowest BCUT2D eigenvalue weighted by Crippen LogP contribution is -2.44. The third-order valence-corrected chi connectivity index (χ3v) is 4.39. The molecule has 1 heterocycles. The molecule has 0 saturated heterocycles. The molecule has 0 aliphatic heterocycles. The van der Waals surface area contributed by atoms with E-state index in [0.717, 1.165) is 16.5 Å². The van der Waals surface area contributed by atoms with Crippen molar-refractivity contribution in [1.82, 2.24) is 9.88 Å². The molecular formula is C20H19ClN2O3. The molecule has 1 aromatic heterocycles. The zero-order valence-electron chi connectivity index (χ0n) is 14.3. The molecular weight excluding hydrogens is 352 g/mol. The first kappa shape index (κ1) is 18.0. The van der Waals surface area contributed by atoms with Crippen LogP contribution in [0.4, 0.5) is 0 Å². The van der Waals surface area contributed by atoms with Gasteiger partial charge in [0.05, 0.1) is 7.11 Å². The van der Waals surface area contributed by atoms with Crippen molar-refractivity contribution in [2.75, 3.05) is 7.11 Å². The molecule has 3 rings (SSSR count). The Bertz CT molecular complexity index is 921. The summed E-state index contributed by atoms with van der Waals surface area (Å²) in [4.78, 5) is 24.5. The summed E-state index contributed by atoms with van der Waals surface area (Å²) in [5.41, 5.74) is 1.81. The van der Waals surface area contributed by atoms with Gasteiger partial charge in [0.15, 0.2) is 0 Å². The van der Waals surface area contributed by atoms with E-state index in [2.05, 4.69) is 5.32 Å². The standard InChI is InChI=1S/C20H19ClN2O3/c1-26-20(25)17(11-14-5-3-2-4-6-14)22-19(24)13-23-10-9-15-7-8-16(21)12-18(15)23/h2-10,12,17H,11,13H2,1H3,(H,22,24)/t17-/m0/s1. The third-order valence-electron chi connectivity index (χ3n) is 4.15. The topological polar surface area (TPSA) is 60.3 Å². The summed E-state index contributed by atoms with van der Waals surface area (Å²) in [6.45, 7) is 0.0894. The predicted molar refractivity (Wildman–Crippen MR) is 101 cm³/mol. The normalized spacial score (nSPS) is 11.9. The van der Waals surface area contributed by atoms with E-state index in [1.807, 2.05) is 54.7 Å². The number of carbonyl (C=O) groups is 2. The molecule has 0 unspecified atom stereocenters. The fraction of sp³-hybridized carbons (Fsp3) is 0.200. The monoisotopic (exact) mass is 370 g/mol. The maximum Gasteiger partial charge on any atom is 0.328 e. The fourth-order valence-corrected chi connectivity index (χ4v) is 3.04. The molecule has 0 saturated carbocycles. The second-order valence-corrected chi connectivity index (χ2v) is 6.42. The summed E-state index contributed by atoms with van der Waals surface area (Å²) in [5.74, 6) is -0.739. The van der Waals surface area contributed by atoms with Crippen LogP contribution in [-0.4, -0.2) is 29.6 Å². The molecule has 0 aliphatic carbocycles. The minimum Gasteiger partial charge on any atom is -0.467 e. The number of aromatic nitrogens is 1. The maximum atomic E-state index is 12.5. The van der Waals surface area contributed by atoms with Crippen molar-refractivity contribution in [1.29, 1.82) is 0 Å². The first-order valence-corrected chi connectivity index (χ1v) is 8.60. The minimum atomic E-state index is -0.736. The number of carbonyl (C=O) groups excluding carboxylic acids is 2. The fourth-order valence-electron chi connectivity index (χ4n) is 2.87. The van der Waals surface area contributed by atoms with Gasteiger partial charge in [-0.2, -0.15) is 0 Å². The van der Waals surface area contributed by atoms with Crippen molar-refractivity contribution in [3.8, 4) is 0 Å². The maximum absolute atomic E-state index is 12.5. The average Bonchev–Trinajstić information content (AvgIpc) is 3.03. The van der Waals surface area contributed by atoms with Crippen molar-refractivity contribution in [2.24, 2.45) is 0 Å². The van der Waals surface area contributed by atoms with Gasteiger partial charge in [0.2, 0.25) is 5.91 Å². The summed E-state index contributed by atoms with van der Waals surface area (Å²) >= 11 is 6.04. The number of amides is 1. The molecule has 5 nitrogen and oxygen atoms in total. The SMILES string of the molecule is COC(=O)[C@H](Cc1ccccc1)NC(=O)Cn1ccc2ccc(Cl)cc21. The Morgan fingerprint density at radius 3 is 2.65 bits per heavy atom. The second-order valence-electron chi connectivity index (χ2n) is 5.98. The Balaban J connectivity index is 1.72. The van der Waals surface area contributed by atoms with Crippen LogP contribution in [0.1, 0.15) is 5.56 Å². The van der Waals surface area contributed by atoms with E-state index in [4.69, 9.17) is 16.3 Å². The number of fused-ring (bicyclic) bond motifs is 1. The van der Waals surface area contributed by atoms with Crippen LogP contribution in [0.25, 0.3) is 10.9 Å². The lowest BCUT2D eigenvalue weighted by Gasteiger charge is -2.17. The van der Waals surface area contributed by atoms with Crippen molar-refractivity contribution in [3.05, 3.63) is 71.4 Å². The van der Waals surface area contributed by atoms with Crippen molar-refractivity contribution in [2.45, 2.75) is 19.0 Å². The molecule has 6 heteroatoms. The number of methoxy groups -OCH3 is 1. The van der Waals surface area contributed by atoms with Gasteiger partial charge >= 0.3 is 5.97 Å². The van der Waals surface area contributed by atoms with Crippen LogP contribution in [0.2, 0.25) is 5.02 Å². The number of esters is 1. The Morgan fingerprint density at radius 1 is 1.15 bits per heavy atom. The van der Waals surface area contributed by atoms with Crippen molar-refractivity contribution >= 4 is 34.4 Å². The molecule has 1 amide bonds. The predicted octanol–water partition coefficient (Wildman–Crippen LogP) is 3.20. The van der Waals surface area contributed by atoms with Gasteiger partial charge in [0.25, 0.3) is 0 Å². The number of hydrogen-bond donors (Lipinski definition) is 1. The van der Waals surface area contributed by atoms with E-state index < -0.39 is 12.0 Å². The van der Waals surface area contributed by atoms with E-state index in [0.29, 0.717) is 11.4 Å². The van der Waals surface area contributed by atoms with Crippen LogP contribution >= 0.6 is 11.6 Å². The molecule has 0 fully saturated rings. The van der Waals surface area contributed by atoms with Gasteiger partial charge < -0.3 is 14.6 Å². The van der Waals surface area contributed by atoms with Crippen LogP contribution in [0, 0.1) is 0 Å². The van der Waals surface area contributed by atoms with Gasteiger partial charge in [0, 0.05) is 23.2 Å². The molecule has 3 aromatic rings. The highest BCUT2D eigenvalue weighted by Crippen LogP contribution is 2.20. The lowest BCUT2D eigenvalue weighted by molar-refractivity contribution is -0.145. The zero-order valence-corrected chi connectivity index (χ0v) is 15.1. The van der Waals surface area contributed by atoms with Crippen LogP contribution in [-0.2, 0) is 27.3 Å². The summed E-state index contributed by atoms with van der Waals surface area (Å²) in [5, 5.41) is 4.37. The van der Waals surface area contributed by atoms with E-state index in [-0.39, 0.29) is 12.5 Å². The van der Waals surface area contributed by atoms with Gasteiger partial charge in [-0.3, -0.25) is 4.79 Å². The van der Waals surface area contributed by atoms with Crippen molar-refractivity contribution < 1.29 is 14.3 Å². The first-order chi connectivity index (χ1) is 12.6. The highest BCUT2D eigenvalue weighted by Gasteiger charge is 2.22. The number of nitrogens with zero attached hydrogens (tertiary/aromatic N) is 1. The van der Waals surface area contributed by atoms with Crippen LogP contribution < -0.4 is 5.32 Å². The molecule has 1 atom stereocenters. The second kappa shape index (κ2) is 8.06. The highest BCUT2D eigenvalue weighted by molar-refractivity contribution is 6.31. The van der Waals surface area contributed by atoms with Crippen molar-refractivity contribution in [3.63, 3.8) is 0 Å². The Hall–Kier alpha value is -2.79. The van der Waals surface area contributed by atoms with Crippen LogP contribution in [0.5, 0.6) is 0 Å².